The van der Waals surface area contributed by atoms with E-state index in [1.165, 1.54) is 32.0 Å². The summed E-state index contributed by atoms with van der Waals surface area (Å²) >= 11 is 0. The Bertz CT molecular complexity index is 887. The normalized spacial score (nSPS) is 24.5. The van der Waals surface area contributed by atoms with Crippen molar-refractivity contribution >= 4 is 18.0 Å². The van der Waals surface area contributed by atoms with Crippen molar-refractivity contribution in [3.05, 3.63) is 23.9 Å². The van der Waals surface area contributed by atoms with Gasteiger partial charge in [-0.15, -0.1) is 0 Å². The summed E-state index contributed by atoms with van der Waals surface area (Å²) in [6.07, 6.45) is 8.26. The number of aromatic nitrogens is 2. The lowest BCUT2D eigenvalue weighted by atomic mass is 9.83. The molecule has 10 heteroatoms. The Labute approximate surface area is 182 Å². The van der Waals surface area contributed by atoms with Crippen molar-refractivity contribution in [2.45, 2.75) is 37.3 Å². The number of piperazine rings is 1. The van der Waals surface area contributed by atoms with Gasteiger partial charge in [-0.1, -0.05) is 6.42 Å². The van der Waals surface area contributed by atoms with Crippen molar-refractivity contribution < 1.29 is 4.39 Å². The number of anilines is 2. The molecule has 4 rings (SSSR count). The van der Waals surface area contributed by atoms with Gasteiger partial charge in [0.05, 0.1) is 29.9 Å². The number of nitriles is 1. The minimum Gasteiger partial charge on any atom is -0.403 e. The van der Waals surface area contributed by atoms with Gasteiger partial charge in [-0.3, -0.25) is 14.8 Å². The Kier molecular flexibility index (Phi) is 6.34. The smallest absolute Gasteiger partial charge is 0.229 e. The van der Waals surface area contributed by atoms with Crippen molar-refractivity contribution in [3.63, 3.8) is 0 Å². The standard InChI is InChI=1S/C21H30FN9/c1-25-11-16(10-24)27-20-26-12-18(22)19(28-20)30-14-21(15-30,5-6-23)31-9-8-29-7-3-2-4-17(29)13-31/h10-12,17H,2-5,7-9,13-15,24H2,1H3,(H,26,27,28)/b16-10+,25-11?/t17-/m1/s1. The average molecular weight is 428 g/mol. The molecule has 1 aromatic heterocycles. The highest BCUT2D eigenvalue weighted by Gasteiger charge is 2.50. The van der Waals surface area contributed by atoms with Gasteiger partial charge in [0, 0.05) is 58.2 Å². The highest BCUT2D eigenvalue weighted by atomic mass is 19.1. The molecule has 3 aliphatic heterocycles. The third-order valence-corrected chi connectivity index (χ3v) is 6.62. The number of fused-ring (bicyclic) bond motifs is 1. The molecule has 4 heterocycles. The van der Waals surface area contributed by atoms with Crippen LogP contribution in [0.15, 0.2) is 23.1 Å². The first-order chi connectivity index (χ1) is 15.1. The second-order valence-electron chi connectivity index (χ2n) is 8.55. The Morgan fingerprint density at radius 3 is 3.00 bits per heavy atom. The van der Waals surface area contributed by atoms with Gasteiger partial charge < -0.3 is 16.0 Å². The SMILES string of the molecule is CN=C/C(=C\N)Nc1ncc(F)c(N2CC(CC#N)(N3CCN4CCCC[C@@H]4C3)C2)n1. The van der Waals surface area contributed by atoms with E-state index in [2.05, 4.69) is 36.1 Å². The van der Waals surface area contributed by atoms with Crippen LogP contribution in [0, 0.1) is 17.1 Å². The largest absolute Gasteiger partial charge is 0.403 e. The van der Waals surface area contributed by atoms with E-state index >= 15 is 0 Å². The quantitative estimate of drug-likeness (QED) is 0.651. The predicted molar refractivity (Wildman–Crippen MR) is 118 cm³/mol. The molecule has 3 fully saturated rings. The number of hydrogen-bond donors (Lipinski definition) is 2. The molecule has 3 N–H and O–H groups in total. The molecule has 0 unspecified atom stereocenters. The molecule has 166 valence electrons. The van der Waals surface area contributed by atoms with Crippen LogP contribution < -0.4 is 16.0 Å². The zero-order valence-corrected chi connectivity index (χ0v) is 18.0. The molecule has 0 bridgehead atoms. The topological polar surface area (TPSA) is 110 Å². The molecule has 1 aromatic rings. The van der Waals surface area contributed by atoms with Gasteiger partial charge in [0.1, 0.15) is 0 Å². The van der Waals surface area contributed by atoms with E-state index in [1.54, 1.807) is 13.3 Å². The zero-order valence-electron chi connectivity index (χ0n) is 18.0. The third-order valence-electron chi connectivity index (χ3n) is 6.62. The molecule has 0 aliphatic carbocycles. The molecule has 9 nitrogen and oxygen atoms in total. The summed E-state index contributed by atoms with van der Waals surface area (Å²) in [5.41, 5.74) is 5.85. The Hall–Kier alpha value is -2.77. The van der Waals surface area contributed by atoms with E-state index in [4.69, 9.17) is 5.73 Å². The maximum atomic E-state index is 14.6. The van der Waals surface area contributed by atoms with Crippen LogP contribution in [-0.4, -0.2) is 83.9 Å². The first kappa shape index (κ1) is 21.5. The average Bonchev–Trinajstić information content (AvgIpc) is 2.76. The van der Waals surface area contributed by atoms with Crippen LogP contribution in [0.2, 0.25) is 0 Å². The summed E-state index contributed by atoms with van der Waals surface area (Å²) in [6, 6.07) is 2.94. The minimum atomic E-state index is -0.476. The Balaban J connectivity index is 1.48. The van der Waals surface area contributed by atoms with E-state index in [0.717, 1.165) is 25.8 Å². The molecule has 0 aromatic carbocycles. The molecule has 0 saturated carbocycles. The van der Waals surface area contributed by atoms with E-state index in [-0.39, 0.29) is 17.3 Å². The number of nitrogens with zero attached hydrogens (tertiary/aromatic N) is 7. The lowest BCUT2D eigenvalue weighted by molar-refractivity contribution is -0.0251. The Morgan fingerprint density at radius 1 is 1.42 bits per heavy atom. The molecule has 0 radical (unpaired) electrons. The van der Waals surface area contributed by atoms with Gasteiger partial charge in [0.25, 0.3) is 0 Å². The van der Waals surface area contributed by atoms with Crippen molar-refractivity contribution in [2.24, 2.45) is 10.7 Å². The number of nitrogens with one attached hydrogen (secondary N) is 1. The van der Waals surface area contributed by atoms with E-state index in [0.29, 0.717) is 31.2 Å². The number of rotatable bonds is 6. The summed E-state index contributed by atoms with van der Waals surface area (Å²) in [7, 11) is 1.63. The summed E-state index contributed by atoms with van der Waals surface area (Å²) in [5.74, 6) is 0.0180. The van der Waals surface area contributed by atoms with Crippen LogP contribution in [-0.2, 0) is 0 Å². The summed E-state index contributed by atoms with van der Waals surface area (Å²) in [5, 5.41) is 12.5. The van der Waals surface area contributed by atoms with Crippen LogP contribution in [0.1, 0.15) is 25.7 Å². The fourth-order valence-electron chi connectivity index (χ4n) is 5.00. The third kappa shape index (κ3) is 4.34. The molecule has 0 amide bonds. The van der Waals surface area contributed by atoms with E-state index < -0.39 is 5.82 Å². The second-order valence-corrected chi connectivity index (χ2v) is 8.55. The number of hydrogen-bond acceptors (Lipinski definition) is 9. The number of halogens is 1. The van der Waals surface area contributed by atoms with Gasteiger partial charge in [-0.25, -0.2) is 9.37 Å². The van der Waals surface area contributed by atoms with Crippen molar-refractivity contribution in [2.75, 3.05) is 56.5 Å². The monoisotopic (exact) mass is 427 g/mol. The first-order valence-corrected chi connectivity index (χ1v) is 10.8. The lowest BCUT2D eigenvalue weighted by Crippen LogP contribution is -2.74. The maximum absolute atomic E-state index is 14.6. The van der Waals surface area contributed by atoms with Crippen LogP contribution in [0.5, 0.6) is 0 Å². The highest BCUT2D eigenvalue weighted by molar-refractivity contribution is 5.81. The van der Waals surface area contributed by atoms with Gasteiger partial charge in [-0.2, -0.15) is 10.2 Å². The lowest BCUT2D eigenvalue weighted by Gasteiger charge is -2.58. The predicted octanol–water partition coefficient (Wildman–Crippen LogP) is 1.17. The highest BCUT2D eigenvalue weighted by Crippen LogP contribution is 2.37. The van der Waals surface area contributed by atoms with Crippen molar-refractivity contribution in [3.8, 4) is 6.07 Å². The fourth-order valence-corrected chi connectivity index (χ4v) is 5.00. The fraction of sp³-hybridized carbons (Fsp3) is 0.619. The number of allylic oxidation sites excluding steroid dienone is 1. The summed E-state index contributed by atoms with van der Waals surface area (Å²) < 4.78 is 14.6. The second kappa shape index (κ2) is 9.16. The maximum Gasteiger partial charge on any atom is 0.229 e. The molecule has 0 spiro atoms. The summed E-state index contributed by atoms with van der Waals surface area (Å²) in [4.78, 5) is 19.2. The van der Waals surface area contributed by atoms with Crippen LogP contribution in [0.25, 0.3) is 0 Å². The van der Waals surface area contributed by atoms with Gasteiger partial charge in [0.2, 0.25) is 5.95 Å². The zero-order chi connectivity index (χ0) is 21.8. The molecule has 3 aliphatic rings. The van der Waals surface area contributed by atoms with Crippen molar-refractivity contribution in [1.82, 2.24) is 19.8 Å². The van der Waals surface area contributed by atoms with Crippen LogP contribution in [0.4, 0.5) is 16.2 Å². The van der Waals surface area contributed by atoms with Gasteiger partial charge in [0.15, 0.2) is 11.6 Å². The molecule has 31 heavy (non-hydrogen) atoms. The minimum absolute atomic E-state index is 0.243. The van der Waals surface area contributed by atoms with Crippen LogP contribution in [0.3, 0.4) is 0 Å². The van der Waals surface area contributed by atoms with Gasteiger partial charge in [-0.05, 0) is 19.4 Å². The van der Waals surface area contributed by atoms with Gasteiger partial charge >= 0.3 is 0 Å². The van der Waals surface area contributed by atoms with Crippen molar-refractivity contribution in [1.29, 1.82) is 5.26 Å². The van der Waals surface area contributed by atoms with Crippen LogP contribution >= 0.6 is 0 Å². The number of nitrogens with two attached hydrogens (primary N) is 1. The Morgan fingerprint density at radius 2 is 2.26 bits per heavy atom. The summed E-state index contributed by atoms with van der Waals surface area (Å²) in [6.45, 7) is 5.32. The molecule has 3 saturated heterocycles. The molecule has 1 atom stereocenters. The van der Waals surface area contributed by atoms with E-state index in [1.807, 2.05) is 4.90 Å². The van der Waals surface area contributed by atoms with E-state index in [9.17, 15) is 9.65 Å². The number of piperidine rings is 1. The molecular formula is C21H30FN9. The number of aliphatic imine (C=N–C) groups is 1. The molecular weight excluding hydrogens is 397 g/mol. The first-order valence-electron chi connectivity index (χ1n) is 10.8.